The van der Waals surface area contributed by atoms with Crippen LogP contribution in [0.3, 0.4) is 0 Å². The van der Waals surface area contributed by atoms with Gasteiger partial charge in [0.15, 0.2) is 11.0 Å². The Morgan fingerprint density at radius 2 is 2.23 bits per heavy atom. The zero-order valence-corrected chi connectivity index (χ0v) is 16.9. The standard InChI is InChI=1S/C20H19F2N5O2S/c1-20(8-14(11-29-18(21)22)30-19(24)27-20)17-7-12(4-5-25-17)6-16(28)15-3-2-13(9-23)10-26-15/h2-5,7,10,14,18H,6,8,11H2,1H3,(H2,24,27)/t14-,20-/m0/s1. The Hall–Kier alpha value is -2.90. The monoisotopic (exact) mass is 431 g/mol. The molecule has 2 aromatic rings. The van der Waals surface area contributed by atoms with Gasteiger partial charge in [-0.25, -0.2) is 4.99 Å². The summed E-state index contributed by atoms with van der Waals surface area (Å²) in [5.74, 6) is -0.202. The van der Waals surface area contributed by atoms with Crippen molar-refractivity contribution < 1.29 is 18.3 Å². The summed E-state index contributed by atoms with van der Waals surface area (Å²) in [6.45, 7) is -1.18. The minimum Gasteiger partial charge on any atom is -0.379 e. The van der Waals surface area contributed by atoms with Crippen LogP contribution in [0.5, 0.6) is 0 Å². The number of aliphatic imine (C=N–C) groups is 1. The van der Waals surface area contributed by atoms with Gasteiger partial charge in [0, 0.05) is 24.1 Å². The lowest BCUT2D eigenvalue weighted by molar-refractivity contribution is -0.128. The number of nitrogens with two attached hydrogens (primary N) is 1. The number of hydrogen-bond acceptors (Lipinski definition) is 8. The average molecular weight is 431 g/mol. The molecule has 0 fully saturated rings. The molecule has 0 aromatic carbocycles. The second-order valence-electron chi connectivity index (χ2n) is 6.96. The number of pyridine rings is 2. The third kappa shape index (κ3) is 5.37. The molecule has 0 saturated heterocycles. The van der Waals surface area contributed by atoms with E-state index >= 15 is 0 Å². The molecule has 2 aromatic heterocycles. The van der Waals surface area contributed by atoms with Crippen molar-refractivity contribution in [2.24, 2.45) is 10.7 Å². The number of thioether (sulfide) groups is 1. The lowest BCUT2D eigenvalue weighted by Gasteiger charge is -2.33. The van der Waals surface area contributed by atoms with Gasteiger partial charge in [-0.05, 0) is 43.2 Å². The molecule has 0 spiro atoms. The van der Waals surface area contributed by atoms with Crippen molar-refractivity contribution >= 4 is 22.7 Å². The van der Waals surface area contributed by atoms with E-state index in [-0.39, 0.29) is 34.9 Å². The van der Waals surface area contributed by atoms with Gasteiger partial charge in [0.25, 0.3) is 0 Å². The van der Waals surface area contributed by atoms with Crippen LogP contribution in [0.15, 0.2) is 41.7 Å². The number of halogens is 2. The van der Waals surface area contributed by atoms with Gasteiger partial charge >= 0.3 is 6.61 Å². The molecule has 7 nitrogen and oxygen atoms in total. The van der Waals surface area contributed by atoms with Crippen LogP contribution in [0.2, 0.25) is 0 Å². The van der Waals surface area contributed by atoms with Gasteiger partial charge in [-0.1, -0.05) is 11.8 Å². The van der Waals surface area contributed by atoms with Gasteiger partial charge < -0.3 is 10.5 Å². The van der Waals surface area contributed by atoms with E-state index in [2.05, 4.69) is 19.7 Å². The van der Waals surface area contributed by atoms with Crippen molar-refractivity contribution in [3.8, 4) is 6.07 Å². The predicted molar refractivity (Wildman–Crippen MR) is 108 cm³/mol. The van der Waals surface area contributed by atoms with Gasteiger partial charge in [-0.3, -0.25) is 14.8 Å². The summed E-state index contributed by atoms with van der Waals surface area (Å²) in [4.78, 5) is 25.4. The van der Waals surface area contributed by atoms with Gasteiger partial charge in [-0.2, -0.15) is 14.0 Å². The topological polar surface area (TPSA) is 114 Å². The maximum atomic E-state index is 12.5. The normalized spacial score (nSPS) is 21.2. The number of carbonyl (C=O) groups is 1. The third-order valence-corrected chi connectivity index (χ3v) is 5.57. The fraction of sp³-hybridized carbons (Fsp3) is 0.350. The first-order chi connectivity index (χ1) is 14.3. The SMILES string of the molecule is C[C@@]1(c2cc(CC(=O)c3ccc(C#N)cn3)ccn2)C[C@@H](COC(F)F)SC(N)=N1. The minimum atomic E-state index is -2.85. The van der Waals surface area contributed by atoms with Crippen molar-refractivity contribution in [3.05, 3.63) is 59.2 Å². The molecular weight excluding hydrogens is 412 g/mol. The van der Waals surface area contributed by atoms with E-state index in [1.807, 2.05) is 13.0 Å². The van der Waals surface area contributed by atoms with Crippen molar-refractivity contribution in [2.75, 3.05) is 6.61 Å². The smallest absolute Gasteiger partial charge is 0.345 e. The molecule has 0 aliphatic carbocycles. The third-order valence-electron chi connectivity index (χ3n) is 4.60. The number of aromatic nitrogens is 2. The van der Waals surface area contributed by atoms with E-state index in [4.69, 9.17) is 11.0 Å². The van der Waals surface area contributed by atoms with E-state index in [1.165, 1.54) is 30.1 Å². The van der Waals surface area contributed by atoms with Gasteiger partial charge in [-0.15, -0.1) is 0 Å². The first-order valence-electron chi connectivity index (χ1n) is 9.05. The Labute approximate surface area is 176 Å². The zero-order chi connectivity index (χ0) is 21.7. The van der Waals surface area contributed by atoms with Crippen LogP contribution in [0, 0.1) is 11.3 Å². The number of alkyl halides is 2. The maximum absolute atomic E-state index is 12.5. The summed E-state index contributed by atoms with van der Waals surface area (Å²) in [6.07, 6.45) is 3.43. The summed E-state index contributed by atoms with van der Waals surface area (Å²) in [5, 5.41) is 8.81. The number of nitriles is 1. The number of nitrogens with zero attached hydrogens (tertiary/aromatic N) is 4. The summed E-state index contributed by atoms with van der Waals surface area (Å²) in [5.41, 5.74) is 7.04. The van der Waals surface area contributed by atoms with E-state index < -0.39 is 12.2 Å². The van der Waals surface area contributed by atoms with Crippen LogP contribution >= 0.6 is 11.8 Å². The number of carbonyl (C=O) groups excluding carboxylic acids is 1. The van der Waals surface area contributed by atoms with Crippen LogP contribution in [-0.2, 0) is 16.7 Å². The Bertz CT molecular complexity index is 993. The maximum Gasteiger partial charge on any atom is 0.345 e. The highest BCUT2D eigenvalue weighted by atomic mass is 32.2. The highest BCUT2D eigenvalue weighted by molar-refractivity contribution is 8.14. The van der Waals surface area contributed by atoms with Crippen molar-refractivity contribution in [3.63, 3.8) is 0 Å². The second kappa shape index (κ2) is 9.28. The van der Waals surface area contributed by atoms with Gasteiger partial charge in [0.1, 0.15) is 17.3 Å². The van der Waals surface area contributed by atoms with Crippen LogP contribution in [0.25, 0.3) is 0 Å². The fourth-order valence-electron chi connectivity index (χ4n) is 3.19. The average Bonchev–Trinajstić information content (AvgIpc) is 2.72. The molecular formula is C20H19F2N5O2S. The van der Waals surface area contributed by atoms with Crippen molar-refractivity contribution in [1.29, 1.82) is 5.26 Å². The van der Waals surface area contributed by atoms with Crippen LogP contribution < -0.4 is 5.73 Å². The highest BCUT2D eigenvalue weighted by Gasteiger charge is 2.36. The molecule has 156 valence electrons. The number of Topliss-reactive ketones (excluding diaryl/α,β-unsaturated/α-hetero) is 1. The molecule has 2 N–H and O–H groups in total. The first-order valence-corrected chi connectivity index (χ1v) is 9.93. The Balaban J connectivity index is 1.77. The summed E-state index contributed by atoms with van der Waals surface area (Å²) < 4.78 is 29.2. The number of ketones is 1. The van der Waals surface area contributed by atoms with E-state index in [0.29, 0.717) is 23.2 Å². The number of hydrogen-bond donors (Lipinski definition) is 1. The number of ether oxygens (including phenoxy) is 1. The van der Waals surface area contributed by atoms with E-state index in [0.717, 1.165) is 0 Å². The Morgan fingerprint density at radius 3 is 2.90 bits per heavy atom. The molecule has 0 bridgehead atoms. The lowest BCUT2D eigenvalue weighted by Crippen LogP contribution is -2.36. The molecule has 0 amide bonds. The van der Waals surface area contributed by atoms with Crippen LogP contribution in [0.1, 0.15) is 40.7 Å². The minimum absolute atomic E-state index is 0.0936. The van der Waals surface area contributed by atoms with Crippen LogP contribution in [0.4, 0.5) is 8.78 Å². The molecule has 0 saturated carbocycles. The molecule has 2 atom stereocenters. The van der Waals surface area contributed by atoms with Gasteiger partial charge in [0.2, 0.25) is 0 Å². The number of amidine groups is 1. The molecule has 3 heterocycles. The summed E-state index contributed by atoms with van der Waals surface area (Å²) in [6, 6.07) is 8.49. The Morgan fingerprint density at radius 1 is 1.43 bits per heavy atom. The quantitative estimate of drug-likeness (QED) is 0.670. The van der Waals surface area contributed by atoms with Crippen LogP contribution in [-0.4, -0.2) is 39.4 Å². The predicted octanol–water partition coefficient (Wildman–Crippen LogP) is 3.05. The molecule has 3 rings (SSSR count). The Kier molecular flexibility index (Phi) is 6.74. The largest absolute Gasteiger partial charge is 0.379 e. The summed E-state index contributed by atoms with van der Waals surface area (Å²) in [7, 11) is 0. The van der Waals surface area contributed by atoms with Gasteiger partial charge in [0.05, 0.1) is 17.9 Å². The van der Waals surface area contributed by atoms with Crippen molar-refractivity contribution in [1.82, 2.24) is 9.97 Å². The van der Waals surface area contributed by atoms with Crippen molar-refractivity contribution in [2.45, 2.75) is 37.2 Å². The van der Waals surface area contributed by atoms with E-state index in [1.54, 1.807) is 18.3 Å². The molecule has 1 aliphatic rings. The highest BCUT2D eigenvalue weighted by Crippen LogP contribution is 2.38. The number of rotatable bonds is 7. The molecule has 30 heavy (non-hydrogen) atoms. The fourth-order valence-corrected chi connectivity index (χ4v) is 4.34. The molecule has 10 heteroatoms. The molecule has 1 aliphatic heterocycles. The lowest BCUT2D eigenvalue weighted by atomic mass is 9.90. The second-order valence-corrected chi connectivity index (χ2v) is 8.28. The zero-order valence-electron chi connectivity index (χ0n) is 16.1. The molecule has 0 unspecified atom stereocenters. The first kappa shape index (κ1) is 21.8. The summed E-state index contributed by atoms with van der Waals surface area (Å²) >= 11 is 1.20. The van der Waals surface area contributed by atoms with E-state index in [9.17, 15) is 13.6 Å². The molecule has 0 radical (unpaired) electrons.